The lowest BCUT2D eigenvalue weighted by Gasteiger charge is -2.36. The van der Waals surface area contributed by atoms with E-state index in [2.05, 4.69) is 34.7 Å². The van der Waals surface area contributed by atoms with Crippen molar-refractivity contribution in [3.05, 3.63) is 0 Å². The van der Waals surface area contributed by atoms with E-state index in [1.54, 1.807) is 0 Å². The maximum Gasteiger partial charge on any atom is 0.321 e. The Morgan fingerprint density at radius 1 is 1.25 bits per heavy atom. The zero-order valence-electron chi connectivity index (χ0n) is 12.4. The largest absolute Gasteiger partial charge is 0.335 e. The van der Waals surface area contributed by atoms with E-state index in [1.807, 2.05) is 0 Å². The molecule has 0 radical (unpaired) electrons. The Morgan fingerprint density at radius 3 is 2.65 bits per heavy atom. The SMILES string of the molecule is CC1CN(CC(=O)NC(=O)NC2CCCC2)C(C)CN1. The molecule has 114 valence electrons. The molecule has 6 heteroatoms. The molecule has 0 aromatic rings. The molecular weight excluding hydrogens is 256 g/mol. The Hall–Kier alpha value is -1.14. The minimum Gasteiger partial charge on any atom is -0.335 e. The van der Waals surface area contributed by atoms with Gasteiger partial charge >= 0.3 is 6.03 Å². The summed E-state index contributed by atoms with van der Waals surface area (Å²) in [6.07, 6.45) is 4.37. The van der Waals surface area contributed by atoms with Crippen molar-refractivity contribution in [3.8, 4) is 0 Å². The molecule has 2 fully saturated rings. The molecule has 0 bridgehead atoms. The third-order valence-corrected chi connectivity index (χ3v) is 4.18. The van der Waals surface area contributed by atoms with Crippen LogP contribution in [0.3, 0.4) is 0 Å². The summed E-state index contributed by atoms with van der Waals surface area (Å²) in [4.78, 5) is 25.7. The van der Waals surface area contributed by atoms with Crippen LogP contribution < -0.4 is 16.0 Å². The van der Waals surface area contributed by atoms with Crippen molar-refractivity contribution >= 4 is 11.9 Å². The molecule has 3 amide bonds. The average molecular weight is 282 g/mol. The summed E-state index contributed by atoms with van der Waals surface area (Å²) >= 11 is 0. The van der Waals surface area contributed by atoms with Crippen LogP contribution in [-0.2, 0) is 4.79 Å². The Bertz CT molecular complexity index is 355. The predicted octanol–water partition coefficient (Wildman–Crippen LogP) is 0.437. The van der Waals surface area contributed by atoms with Gasteiger partial charge in [0.1, 0.15) is 0 Å². The van der Waals surface area contributed by atoms with E-state index in [4.69, 9.17) is 0 Å². The predicted molar refractivity (Wildman–Crippen MR) is 77.4 cm³/mol. The normalized spacial score (nSPS) is 28.3. The van der Waals surface area contributed by atoms with E-state index in [1.165, 1.54) is 0 Å². The molecule has 2 aliphatic rings. The summed E-state index contributed by atoms with van der Waals surface area (Å²) < 4.78 is 0. The molecular formula is C14H26N4O2. The second-order valence-electron chi connectivity index (χ2n) is 6.09. The lowest BCUT2D eigenvalue weighted by atomic mass is 10.1. The highest BCUT2D eigenvalue weighted by atomic mass is 16.2. The van der Waals surface area contributed by atoms with Crippen molar-refractivity contribution < 1.29 is 9.59 Å². The fraction of sp³-hybridized carbons (Fsp3) is 0.857. The summed E-state index contributed by atoms with van der Waals surface area (Å²) in [7, 11) is 0. The number of carbonyl (C=O) groups is 2. The molecule has 2 unspecified atom stereocenters. The number of imide groups is 1. The van der Waals surface area contributed by atoms with Gasteiger partial charge < -0.3 is 10.6 Å². The molecule has 3 N–H and O–H groups in total. The van der Waals surface area contributed by atoms with Crippen LogP contribution in [0, 0.1) is 0 Å². The van der Waals surface area contributed by atoms with Gasteiger partial charge in [0.05, 0.1) is 6.54 Å². The van der Waals surface area contributed by atoms with Gasteiger partial charge in [0, 0.05) is 31.2 Å². The molecule has 1 saturated carbocycles. The van der Waals surface area contributed by atoms with Crippen molar-refractivity contribution in [2.45, 2.75) is 57.7 Å². The quantitative estimate of drug-likeness (QED) is 0.702. The van der Waals surface area contributed by atoms with Crippen LogP contribution in [0.5, 0.6) is 0 Å². The van der Waals surface area contributed by atoms with Gasteiger partial charge in [-0.2, -0.15) is 0 Å². The summed E-state index contributed by atoms with van der Waals surface area (Å²) in [5.74, 6) is -0.221. The standard InChI is InChI=1S/C14H26N4O2/c1-10-8-18(11(2)7-15-10)9-13(19)17-14(20)16-12-5-3-4-6-12/h10-12,15H,3-9H2,1-2H3,(H2,16,17,19,20). The van der Waals surface area contributed by atoms with Gasteiger partial charge in [-0.1, -0.05) is 12.8 Å². The molecule has 1 heterocycles. The summed E-state index contributed by atoms with van der Waals surface area (Å²) in [6.45, 7) is 6.18. The number of hydrogen-bond donors (Lipinski definition) is 3. The van der Waals surface area contributed by atoms with Gasteiger partial charge in [0.15, 0.2) is 0 Å². The van der Waals surface area contributed by atoms with Gasteiger partial charge in [-0.3, -0.25) is 15.0 Å². The van der Waals surface area contributed by atoms with Crippen molar-refractivity contribution in [2.75, 3.05) is 19.6 Å². The molecule has 1 aliphatic heterocycles. The smallest absolute Gasteiger partial charge is 0.321 e. The van der Waals surface area contributed by atoms with E-state index < -0.39 is 0 Å². The molecule has 2 atom stereocenters. The highest BCUT2D eigenvalue weighted by Gasteiger charge is 2.25. The maximum absolute atomic E-state index is 11.9. The average Bonchev–Trinajstić information content (AvgIpc) is 2.86. The fourth-order valence-corrected chi connectivity index (χ4v) is 2.96. The van der Waals surface area contributed by atoms with Gasteiger partial charge in [-0.15, -0.1) is 0 Å². The minimum atomic E-state index is -0.349. The van der Waals surface area contributed by atoms with Crippen LogP contribution in [0.15, 0.2) is 0 Å². The van der Waals surface area contributed by atoms with Crippen LogP contribution in [0.2, 0.25) is 0 Å². The number of amides is 3. The first kappa shape index (κ1) is 15.3. The fourth-order valence-electron chi connectivity index (χ4n) is 2.96. The molecule has 1 aliphatic carbocycles. The Morgan fingerprint density at radius 2 is 1.95 bits per heavy atom. The Kier molecular flexibility index (Phi) is 5.37. The second-order valence-corrected chi connectivity index (χ2v) is 6.09. The lowest BCUT2D eigenvalue weighted by Crippen LogP contribution is -2.57. The molecule has 0 aromatic heterocycles. The van der Waals surface area contributed by atoms with E-state index >= 15 is 0 Å². The molecule has 1 saturated heterocycles. The summed E-state index contributed by atoms with van der Waals surface area (Å²) in [6, 6.07) is 0.583. The van der Waals surface area contributed by atoms with Gasteiger partial charge in [0.2, 0.25) is 5.91 Å². The summed E-state index contributed by atoms with van der Waals surface area (Å²) in [5, 5.41) is 8.68. The van der Waals surface area contributed by atoms with Crippen molar-refractivity contribution in [3.63, 3.8) is 0 Å². The lowest BCUT2D eigenvalue weighted by molar-refractivity contribution is -0.122. The van der Waals surface area contributed by atoms with E-state index in [-0.39, 0.29) is 24.5 Å². The van der Waals surface area contributed by atoms with Gasteiger partial charge in [-0.05, 0) is 26.7 Å². The topological polar surface area (TPSA) is 73.5 Å². The number of carbonyl (C=O) groups excluding carboxylic acids is 2. The molecule has 2 rings (SSSR count). The highest BCUT2D eigenvalue weighted by molar-refractivity contribution is 5.95. The zero-order chi connectivity index (χ0) is 14.5. The molecule has 6 nitrogen and oxygen atoms in total. The van der Waals surface area contributed by atoms with Crippen LogP contribution in [0.1, 0.15) is 39.5 Å². The minimum absolute atomic E-state index is 0.221. The first-order chi connectivity index (χ1) is 9.54. The summed E-state index contributed by atoms with van der Waals surface area (Å²) in [5.41, 5.74) is 0. The number of urea groups is 1. The molecule has 0 aromatic carbocycles. The van der Waals surface area contributed by atoms with Crippen molar-refractivity contribution in [1.29, 1.82) is 0 Å². The van der Waals surface area contributed by atoms with Crippen LogP contribution >= 0.6 is 0 Å². The zero-order valence-corrected chi connectivity index (χ0v) is 12.4. The van der Waals surface area contributed by atoms with Gasteiger partial charge in [-0.25, -0.2) is 4.79 Å². The van der Waals surface area contributed by atoms with Crippen LogP contribution in [0.4, 0.5) is 4.79 Å². The van der Waals surface area contributed by atoms with Crippen LogP contribution in [-0.4, -0.2) is 54.6 Å². The molecule has 20 heavy (non-hydrogen) atoms. The maximum atomic E-state index is 11.9. The monoisotopic (exact) mass is 282 g/mol. The molecule has 0 spiro atoms. The first-order valence-corrected chi connectivity index (χ1v) is 7.62. The Labute approximate surface area is 120 Å². The van der Waals surface area contributed by atoms with Crippen LogP contribution in [0.25, 0.3) is 0 Å². The number of rotatable bonds is 3. The van der Waals surface area contributed by atoms with E-state index in [0.717, 1.165) is 38.8 Å². The third kappa shape index (κ3) is 4.45. The van der Waals surface area contributed by atoms with E-state index in [9.17, 15) is 9.59 Å². The van der Waals surface area contributed by atoms with E-state index in [0.29, 0.717) is 12.1 Å². The number of piperazine rings is 1. The Balaban J connectivity index is 1.72. The third-order valence-electron chi connectivity index (χ3n) is 4.18. The number of nitrogens with zero attached hydrogens (tertiary/aromatic N) is 1. The number of hydrogen-bond acceptors (Lipinski definition) is 4. The van der Waals surface area contributed by atoms with Crippen molar-refractivity contribution in [1.82, 2.24) is 20.9 Å². The second kappa shape index (κ2) is 7.04. The highest BCUT2D eigenvalue weighted by Crippen LogP contribution is 2.17. The van der Waals surface area contributed by atoms with Crippen molar-refractivity contribution in [2.24, 2.45) is 0 Å². The first-order valence-electron chi connectivity index (χ1n) is 7.62. The number of nitrogens with one attached hydrogen (secondary N) is 3. The van der Waals surface area contributed by atoms with Gasteiger partial charge in [0.25, 0.3) is 0 Å².